The highest BCUT2D eigenvalue weighted by Crippen LogP contribution is 2.28. The van der Waals surface area contributed by atoms with Crippen LogP contribution in [0.4, 0.5) is 0 Å². The van der Waals surface area contributed by atoms with Crippen molar-refractivity contribution in [3.63, 3.8) is 0 Å². The second-order valence-electron chi connectivity index (χ2n) is 4.42. The highest BCUT2D eigenvalue weighted by molar-refractivity contribution is 7.19. The molecule has 2 aromatic carbocycles. The van der Waals surface area contributed by atoms with E-state index in [9.17, 15) is 9.90 Å². The van der Waals surface area contributed by atoms with Gasteiger partial charge in [0.2, 0.25) is 0 Å². The van der Waals surface area contributed by atoms with Crippen molar-refractivity contribution in [2.24, 2.45) is 0 Å². The Kier molecular flexibility index (Phi) is 3.35. The first kappa shape index (κ1) is 12.6. The van der Waals surface area contributed by atoms with E-state index in [4.69, 9.17) is 0 Å². The molecule has 0 aliphatic rings. The fourth-order valence-electron chi connectivity index (χ4n) is 2.10. The average Bonchev–Trinajstić information content (AvgIpc) is 2.88. The van der Waals surface area contributed by atoms with Gasteiger partial charge in [0.25, 0.3) is 0 Å². The number of hydrogen-bond acceptors (Lipinski definition) is 2. The maximum absolute atomic E-state index is 11.5. The fraction of sp³-hybridized carbons (Fsp3) is 0. The zero-order chi connectivity index (χ0) is 13.9. The molecule has 1 N–H and O–H groups in total. The van der Waals surface area contributed by atoms with E-state index < -0.39 is 5.97 Å². The second kappa shape index (κ2) is 5.31. The predicted molar refractivity (Wildman–Crippen MR) is 83.8 cm³/mol. The summed E-state index contributed by atoms with van der Waals surface area (Å²) in [5.74, 6) is -0.909. The molecule has 2 nitrogen and oxygen atoms in total. The summed E-state index contributed by atoms with van der Waals surface area (Å²) in [5.41, 5.74) is 1.04. The topological polar surface area (TPSA) is 37.3 Å². The first-order chi connectivity index (χ1) is 9.74. The molecule has 0 amide bonds. The molecule has 0 aliphatic heterocycles. The SMILES string of the molecule is O=C(O)/C(=C/c1cc2ccccc2s1)c1ccccc1. The van der Waals surface area contributed by atoms with E-state index in [0.717, 1.165) is 20.5 Å². The van der Waals surface area contributed by atoms with Crippen LogP contribution < -0.4 is 0 Å². The van der Waals surface area contributed by atoms with Crippen LogP contribution in [0, 0.1) is 0 Å². The molecule has 0 fully saturated rings. The molecule has 3 rings (SSSR count). The molecule has 1 aromatic heterocycles. The van der Waals surface area contributed by atoms with Crippen molar-refractivity contribution < 1.29 is 9.90 Å². The van der Waals surface area contributed by atoms with Gasteiger partial charge in [0.1, 0.15) is 0 Å². The summed E-state index contributed by atoms with van der Waals surface area (Å²) in [6.45, 7) is 0. The van der Waals surface area contributed by atoms with Crippen molar-refractivity contribution in [3.05, 3.63) is 71.1 Å². The Balaban J connectivity index is 2.09. The van der Waals surface area contributed by atoms with Gasteiger partial charge in [0.15, 0.2) is 0 Å². The lowest BCUT2D eigenvalue weighted by atomic mass is 10.1. The minimum atomic E-state index is -0.909. The molecule has 0 unspecified atom stereocenters. The first-order valence-corrected chi connectivity index (χ1v) is 7.05. The summed E-state index contributed by atoms with van der Waals surface area (Å²) >= 11 is 1.60. The Labute approximate surface area is 120 Å². The normalized spacial score (nSPS) is 11.7. The van der Waals surface area contributed by atoms with Crippen LogP contribution in [0.3, 0.4) is 0 Å². The number of rotatable bonds is 3. The molecule has 0 radical (unpaired) electrons. The second-order valence-corrected chi connectivity index (χ2v) is 5.53. The number of aliphatic carboxylic acids is 1. The molecule has 0 spiro atoms. The summed E-state index contributed by atoms with van der Waals surface area (Å²) in [6, 6.07) is 19.3. The number of fused-ring (bicyclic) bond motifs is 1. The summed E-state index contributed by atoms with van der Waals surface area (Å²) < 4.78 is 1.16. The van der Waals surface area contributed by atoms with Crippen molar-refractivity contribution in [3.8, 4) is 0 Å². The van der Waals surface area contributed by atoms with Crippen molar-refractivity contribution in [1.29, 1.82) is 0 Å². The smallest absolute Gasteiger partial charge is 0.336 e. The van der Waals surface area contributed by atoms with Gasteiger partial charge >= 0.3 is 5.97 Å². The molecule has 3 aromatic rings. The summed E-state index contributed by atoms with van der Waals surface area (Å²) in [4.78, 5) is 12.4. The summed E-state index contributed by atoms with van der Waals surface area (Å²) in [5, 5.41) is 10.5. The maximum atomic E-state index is 11.5. The average molecular weight is 280 g/mol. The fourth-order valence-corrected chi connectivity index (χ4v) is 3.11. The number of thiophene rings is 1. The quantitative estimate of drug-likeness (QED) is 0.716. The van der Waals surface area contributed by atoms with Crippen LogP contribution in [0.2, 0.25) is 0 Å². The lowest BCUT2D eigenvalue weighted by Gasteiger charge is -2.01. The van der Waals surface area contributed by atoms with E-state index in [-0.39, 0.29) is 0 Å². The largest absolute Gasteiger partial charge is 0.478 e. The Hall–Kier alpha value is -2.39. The van der Waals surface area contributed by atoms with Gasteiger partial charge in [-0.2, -0.15) is 0 Å². The number of carboxylic acids is 1. The molecule has 1 heterocycles. The maximum Gasteiger partial charge on any atom is 0.336 e. The van der Waals surface area contributed by atoms with Crippen molar-refractivity contribution in [2.45, 2.75) is 0 Å². The minimum Gasteiger partial charge on any atom is -0.478 e. The third-order valence-electron chi connectivity index (χ3n) is 3.05. The van der Waals surface area contributed by atoms with E-state index in [1.54, 1.807) is 17.4 Å². The summed E-state index contributed by atoms with van der Waals surface area (Å²) in [6.07, 6.45) is 1.74. The Morgan fingerprint density at radius 1 is 1.00 bits per heavy atom. The number of hydrogen-bond donors (Lipinski definition) is 1. The molecule has 0 atom stereocenters. The van der Waals surface area contributed by atoms with Crippen LogP contribution >= 0.6 is 11.3 Å². The zero-order valence-corrected chi connectivity index (χ0v) is 11.4. The van der Waals surface area contributed by atoms with E-state index in [1.807, 2.05) is 60.7 Å². The minimum absolute atomic E-state index is 0.317. The van der Waals surface area contributed by atoms with E-state index in [0.29, 0.717) is 5.57 Å². The molecule has 20 heavy (non-hydrogen) atoms. The molecule has 0 saturated carbocycles. The Morgan fingerprint density at radius 2 is 1.70 bits per heavy atom. The van der Waals surface area contributed by atoms with Gasteiger partial charge in [-0.15, -0.1) is 11.3 Å². The van der Waals surface area contributed by atoms with Crippen LogP contribution in [0.25, 0.3) is 21.7 Å². The lowest BCUT2D eigenvalue weighted by Crippen LogP contribution is -1.98. The van der Waals surface area contributed by atoms with Gasteiger partial charge in [-0.05, 0) is 29.2 Å². The van der Waals surface area contributed by atoms with Gasteiger partial charge in [0, 0.05) is 9.58 Å². The van der Waals surface area contributed by atoms with Gasteiger partial charge in [-0.1, -0.05) is 48.5 Å². The summed E-state index contributed by atoms with van der Waals surface area (Å²) in [7, 11) is 0. The van der Waals surface area contributed by atoms with Crippen LogP contribution in [-0.4, -0.2) is 11.1 Å². The highest BCUT2D eigenvalue weighted by atomic mass is 32.1. The lowest BCUT2D eigenvalue weighted by molar-refractivity contribution is -0.130. The monoisotopic (exact) mass is 280 g/mol. The number of carboxylic acid groups (broad SMARTS) is 1. The molecule has 3 heteroatoms. The van der Waals surface area contributed by atoms with E-state index in [1.165, 1.54) is 0 Å². The first-order valence-electron chi connectivity index (χ1n) is 6.23. The van der Waals surface area contributed by atoms with Crippen LogP contribution in [0.15, 0.2) is 60.7 Å². The molecule has 0 bridgehead atoms. The number of carbonyl (C=O) groups is 1. The molecular weight excluding hydrogens is 268 g/mol. The molecule has 0 aliphatic carbocycles. The third kappa shape index (κ3) is 2.49. The van der Waals surface area contributed by atoms with Crippen molar-refractivity contribution in [2.75, 3.05) is 0 Å². The number of benzene rings is 2. The van der Waals surface area contributed by atoms with E-state index >= 15 is 0 Å². The zero-order valence-electron chi connectivity index (χ0n) is 10.6. The standard InChI is InChI=1S/C17H12O2S/c18-17(19)15(12-6-2-1-3-7-12)11-14-10-13-8-4-5-9-16(13)20-14/h1-11H,(H,18,19)/b15-11+. The van der Waals surface area contributed by atoms with E-state index in [2.05, 4.69) is 0 Å². The van der Waals surface area contributed by atoms with Crippen LogP contribution in [0.5, 0.6) is 0 Å². The van der Waals surface area contributed by atoms with Gasteiger partial charge in [-0.25, -0.2) is 4.79 Å². The third-order valence-corrected chi connectivity index (χ3v) is 4.11. The highest BCUT2D eigenvalue weighted by Gasteiger charge is 2.10. The molecule has 0 saturated heterocycles. The van der Waals surface area contributed by atoms with Crippen molar-refractivity contribution in [1.82, 2.24) is 0 Å². The molecular formula is C17H12O2S. The Bertz CT molecular complexity index is 752. The van der Waals surface area contributed by atoms with Gasteiger partial charge < -0.3 is 5.11 Å². The Morgan fingerprint density at radius 3 is 2.40 bits per heavy atom. The van der Waals surface area contributed by atoms with Crippen LogP contribution in [0.1, 0.15) is 10.4 Å². The van der Waals surface area contributed by atoms with Gasteiger partial charge in [-0.3, -0.25) is 0 Å². The molecule has 98 valence electrons. The van der Waals surface area contributed by atoms with Crippen LogP contribution in [-0.2, 0) is 4.79 Å². The van der Waals surface area contributed by atoms with Crippen molar-refractivity contribution >= 4 is 39.0 Å². The van der Waals surface area contributed by atoms with Gasteiger partial charge in [0.05, 0.1) is 5.57 Å². The predicted octanol–water partition coefficient (Wildman–Crippen LogP) is 4.53.